The molecule has 1 heterocycles. The highest BCUT2D eigenvalue weighted by Gasteiger charge is 2.36. The van der Waals surface area contributed by atoms with Crippen LogP contribution in [0.15, 0.2) is 47.6 Å². The fraction of sp³-hybridized carbons (Fsp3) is 0.450. The van der Waals surface area contributed by atoms with Gasteiger partial charge in [-0.1, -0.05) is 59.8 Å². The Morgan fingerprint density at radius 1 is 0.917 bits per heavy atom. The number of carbonyl (C=O) groups is 1. The molecule has 4 heteroatoms. The van der Waals surface area contributed by atoms with Gasteiger partial charge in [-0.15, -0.1) is 0 Å². The Balaban J connectivity index is 2.14. The Labute approximate surface area is 143 Å². The molecule has 0 bridgehead atoms. The second kappa shape index (κ2) is 5.40. The van der Waals surface area contributed by atoms with E-state index in [1.54, 1.807) is 4.80 Å². The van der Waals surface area contributed by atoms with Crippen molar-refractivity contribution in [2.24, 2.45) is 10.8 Å². The van der Waals surface area contributed by atoms with E-state index in [1.165, 1.54) is 0 Å². The number of allylic oxidation sites excluding steroid dienone is 4. The summed E-state index contributed by atoms with van der Waals surface area (Å²) in [6, 6.07) is 7.22. The number of fused-ring (bicyclic) bond motifs is 1. The minimum Gasteiger partial charge on any atom is -0.292 e. The second-order valence-electron chi connectivity index (χ2n) is 8.50. The van der Waals surface area contributed by atoms with Crippen molar-refractivity contribution >= 4 is 16.8 Å². The smallest absolute Gasteiger partial charge is 0.189 e. The van der Waals surface area contributed by atoms with Gasteiger partial charge in [0.1, 0.15) is 11.0 Å². The Kier molecular flexibility index (Phi) is 3.74. The molecule has 0 N–H and O–H groups in total. The number of rotatable bonds is 1. The van der Waals surface area contributed by atoms with Crippen molar-refractivity contribution < 1.29 is 4.79 Å². The van der Waals surface area contributed by atoms with Crippen molar-refractivity contribution in [1.29, 1.82) is 0 Å². The second-order valence-corrected chi connectivity index (χ2v) is 8.50. The molecule has 0 saturated carbocycles. The van der Waals surface area contributed by atoms with Gasteiger partial charge in [-0.25, -0.2) is 0 Å². The highest BCUT2D eigenvalue weighted by Crippen LogP contribution is 2.39. The predicted octanol–water partition coefficient (Wildman–Crippen LogP) is 4.50. The molecule has 1 aromatic carbocycles. The molecule has 1 atom stereocenters. The first kappa shape index (κ1) is 16.6. The average Bonchev–Trinajstić information content (AvgIpc) is 2.88. The quantitative estimate of drug-likeness (QED) is 0.776. The van der Waals surface area contributed by atoms with Crippen LogP contribution in [0.3, 0.4) is 0 Å². The summed E-state index contributed by atoms with van der Waals surface area (Å²) in [6.45, 7) is 12.7. The Bertz CT molecular complexity index is 824. The molecule has 1 aromatic heterocycles. The first-order valence-corrected chi connectivity index (χ1v) is 8.37. The molecule has 0 radical (unpaired) electrons. The predicted molar refractivity (Wildman–Crippen MR) is 96.6 cm³/mol. The Hall–Kier alpha value is -2.23. The number of hydrogen-bond acceptors (Lipinski definition) is 3. The van der Waals surface area contributed by atoms with Crippen molar-refractivity contribution in [2.45, 2.75) is 47.6 Å². The van der Waals surface area contributed by atoms with Gasteiger partial charge in [0.2, 0.25) is 0 Å². The third-order valence-electron chi connectivity index (χ3n) is 4.40. The molecule has 1 aliphatic carbocycles. The van der Waals surface area contributed by atoms with Crippen LogP contribution >= 0.6 is 0 Å². The van der Waals surface area contributed by atoms with Crippen molar-refractivity contribution in [3.8, 4) is 0 Å². The van der Waals surface area contributed by atoms with E-state index in [9.17, 15) is 4.79 Å². The number of nitrogens with zero attached hydrogens (tertiary/aromatic N) is 3. The fourth-order valence-corrected chi connectivity index (χ4v) is 2.90. The fourth-order valence-electron chi connectivity index (χ4n) is 2.90. The summed E-state index contributed by atoms with van der Waals surface area (Å²) in [7, 11) is 0. The zero-order valence-corrected chi connectivity index (χ0v) is 15.3. The standard InChI is InChI=1S/C20H25N3O/c1-19(2,3)13-11-14(20(4,5)6)18(24)17(12-13)23-21-15-9-7-8-10-16(15)22-23/h7-12,17H,1-6H3. The van der Waals surface area contributed by atoms with Crippen molar-refractivity contribution in [2.75, 3.05) is 0 Å². The SMILES string of the molecule is CC(C)(C)C1=CC(n2nc3ccccc3n2)C(=O)C(C(C)(C)C)=C1. The number of aromatic nitrogens is 3. The lowest BCUT2D eigenvalue weighted by Gasteiger charge is -2.32. The van der Waals surface area contributed by atoms with Gasteiger partial charge in [0, 0.05) is 5.57 Å². The lowest BCUT2D eigenvalue weighted by atomic mass is 9.73. The van der Waals surface area contributed by atoms with E-state index in [4.69, 9.17) is 0 Å². The monoisotopic (exact) mass is 323 g/mol. The van der Waals surface area contributed by atoms with E-state index in [0.29, 0.717) is 0 Å². The number of carbonyl (C=O) groups excluding carboxylic acids is 1. The molecule has 1 aliphatic rings. The molecule has 24 heavy (non-hydrogen) atoms. The summed E-state index contributed by atoms with van der Waals surface area (Å²) in [5.41, 5.74) is 3.35. The van der Waals surface area contributed by atoms with E-state index in [2.05, 4.69) is 57.8 Å². The summed E-state index contributed by atoms with van der Waals surface area (Å²) in [6.07, 6.45) is 4.07. The van der Waals surface area contributed by atoms with Crippen LogP contribution in [-0.2, 0) is 4.79 Å². The van der Waals surface area contributed by atoms with Gasteiger partial charge in [0.25, 0.3) is 0 Å². The van der Waals surface area contributed by atoms with Crippen LogP contribution in [0.2, 0.25) is 0 Å². The van der Waals surface area contributed by atoms with Crippen molar-refractivity contribution in [3.63, 3.8) is 0 Å². The summed E-state index contributed by atoms with van der Waals surface area (Å²) < 4.78 is 0. The van der Waals surface area contributed by atoms with E-state index >= 15 is 0 Å². The Morgan fingerprint density at radius 2 is 1.46 bits per heavy atom. The minimum atomic E-state index is -0.481. The maximum atomic E-state index is 13.1. The van der Waals surface area contributed by atoms with Crippen LogP contribution in [-0.4, -0.2) is 20.8 Å². The number of hydrogen-bond donors (Lipinski definition) is 0. The molecule has 0 spiro atoms. The number of Topliss-reactive ketones (excluding diaryl/α,β-unsaturated/α-hetero) is 1. The number of ketones is 1. The summed E-state index contributed by atoms with van der Waals surface area (Å²) >= 11 is 0. The van der Waals surface area contributed by atoms with Gasteiger partial charge < -0.3 is 0 Å². The van der Waals surface area contributed by atoms with Gasteiger partial charge in [0.15, 0.2) is 11.8 Å². The Morgan fingerprint density at radius 3 is 1.92 bits per heavy atom. The molecule has 0 saturated heterocycles. The average molecular weight is 323 g/mol. The third kappa shape index (κ3) is 2.93. The van der Waals surface area contributed by atoms with Gasteiger partial charge in [-0.05, 0) is 34.6 Å². The van der Waals surface area contributed by atoms with Gasteiger partial charge in [-0.2, -0.15) is 15.0 Å². The van der Waals surface area contributed by atoms with Gasteiger partial charge >= 0.3 is 0 Å². The molecule has 2 aromatic rings. The lowest BCUT2D eigenvalue weighted by Crippen LogP contribution is -2.31. The van der Waals surface area contributed by atoms with E-state index in [-0.39, 0.29) is 16.6 Å². The van der Waals surface area contributed by atoms with E-state index < -0.39 is 6.04 Å². The largest absolute Gasteiger partial charge is 0.292 e. The molecule has 3 rings (SSSR count). The van der Waals surface area contributed by atoms with Crippen LogP contribution in [0.4, 0.5) is 0 Å². The van der Waals surface area contributed by atoms with E-state index in [1.807, 2.05) is 30.3 Å². The van der Waals surface area contributed by atoms with Crippen LogP contribution in [0.1, 0.15) is 47.6 Å². The summed E-state index contributed by atoms with van der Waals surface area (Å²) in [4.78, 5) is 14.7. The molecular weight excluding hydrogens is 298 g/mol. The molecule has 0 amide bonds. The lowest BCUT2D eigenvalue weighted by molar-refractivity contribution is -0.118. The molecule has 0 fully saturated rings. The molecule has 4 nitrogen and oxygen atoms in total. The summed E-state index contributed by atoms with van der Waals surface area (Å²) in [5.74, 6) is 0.0795. The maximum Gasteiger partial charge on any atom is 0.189 e. The van der Waals surface area contributed by atoms with Crippen LogP contribution in [0.5, 0.6) is 0 Å². The van der Waals surface area contributed by atoms with Gasteiger partial charge in [-0.3, -0.25) is 4.79 Å². The van der Waals surface area contributed by atoms with E-state index in [0.717, 1.165) is 22.2 Å². The molecular formula is C20H25N3O. The molecule has 126 valence electrons. The van der Waals surface area contributed by atoms with Crippen LogP contribution in [0, 0.1) is 10.8 Å². The van der Waals surface area contributed by atoms with Crippen LogP contribution in [0.25, 0.3) is 11.0 Å². The zero-order chi connectivity index (χ0) is 17.7. The van der Waals surface area contributed by atoms with Gasteiger partial charge in [0.05, 0.1) is 0 Å². The zero-order valence-electron chi connectivity index (χ0n) is 15.3. The first-order valence-electron chi connectivity index (χ1n) is 8.37. The highest BCUT2D eigenvalue weighted by molar-refractivity contribution is 6.02. The van der Waals surface area contributed by atoms with Crippen LogP contribution < -0.4 is 0 Å². The number of benzene rings is 1. The van der Waals surface area contributed by atoms with Crippen molar-refractivity contribution in [3.05, 3.63) is 47.6 Å². The molecule has 0 aliphatic heterocycles. The first-order chi connectivity index (χ1) is 11.1. The maximum absolute atomic E-state index is 13.1. The topological polar surface area (TPSA) is 47.8 Å². The molecule has 1 unspecified atom stereocenters. The normalized spacial score (nSPS) is 19.4. The third-order valence-corrected chi connectivity index (χ3v) is 4.40. The summed E-state index contributed by atoms with van der Waals surface area (Å²) in [5, 5.41) is 9.07. The van der Waals surface area contributed by atoms with Crippen molar-refractivity contribution in [1.82, 2.24) is 15.0 Å². The highest BCUT2D eigenvalue weighted by atomic mass is 16.1. The minimum absolute atomic E-state index is 0.0397.